The highest BCUT2D eigenvalue weighted by Gasteiger charge is 2.30. The fourth-order valence-corrected chi connectivity index (χ4v) is 2.24. The third-order valence-corrected chi connectivity index (χ3v) is 3.94. The number of halogens is 4. The van der Waals surface area contributed by atoms with Gasteiger partial charge < -0.3 is 5.32 Å². The Kier molecular flexibility index (Phi) is 4.37. The zero-order valence-electron chi connectivity index (χ0n) is 11.0. The molecule has 1 amide bonds. The van der Waals surface area contributed by atoms with Gasteiger partial charge in [-0.3, -0.25) is 4.79 Å². The van der Waals surface area contributed by atoms with Crippen LogP contribution in [-0.4, -0.2) is 5.91 Å². The number of alkyl halides is 3. The molecule has 0 heterocycles. The summed E-state index contributed by atoms with van der Waals surface area (Å²) in [6, 6.07) is 9.66. The Labute approximate surface area is 128 Å². The third kappa shape index (κ3) is 3.64. The van der Waals surface area contributed by atoms with E-state index >= 15 is 0 Å². The summed E-state index contributed by atoms with van der Waals surface area (Å²) in [5.41, 5.74) is 0.533. The first-order valence-corrected chi connectivity index (χ1v) is 6.82. The van der Waals surface area contributed by atoms with Crippen LogP contribution in [0, 0.1) is 6.92 Å². The quantitative estimate of drug-likeness (QED) is 0.802. The van der Waals surface area contributed by atoms with Gasteiger partial charge >= 0.3 is 6.18 Å². The molecule has 2 aromatic rings. The first-order chi connectivity index (χ1) is 9.79. The van der Waals surface area contributed by atoms with Crippen molar-refractivity contribution in [2.24, 2.45) is 0 Å². The molecule has 0 saturated heterocycles. The summed E-state index contributed by atoms with van der Waals surface area (Å²) in [6.45, 7) is 1.82. The minimum Gasteiger partial charge on any atom is -0.322 e. The van der Waals surface area contributed by atoms with E-state index in [0.29, 0.717) is 10.0 Å². The molecule has 0 aliphatic carbocycles. The van der Waals surface area contributed by atoms with Gasteiger partial charge in [-0.25, -0.2) is 0 Å². The zero-order valence-corrected chi connectivity index (χ0v) is 12.5. The molecule has 0 aliphatic heterocycles. The normalized spacial score (nSPS) is 11.3. The first kappa shape index (κ1) is 15.6. The number of anilines is 1. The number of hydrogen-bond donors (Lipinski definition) is 1. The lowest BCUT2D eigenvalue weighted by atomic mass is 10.1. The van der Waals surface area contributed by atoms with Crippen molar-refractivity contribution < 1.29 is 18.0 Å². The monoisotopic (exact) mass is 357 g/mol. The number of carbonyl (C=O) groups is 1. The van der Waals surface area contributed by atoms with Crippen LogP contribution in [0.4, 0.5) is 18.9 Å². The van der Waals surface area contributed by atoms with Crippen molar-refractivity contribution in [2.45, 2.75) is 13.1 Å². The number of carbonyl (C=O) groups excluding carboxylic acids is 1. The van der Waals surface area contributed by atoms with Gasteiger partial charge in [-0.15, -0.1) is 0 Å². The van der Waals surface area contributed by atoms with E-state index in [1.54, 1.807) is 12.1 Å². The summed E-state index contributed by atoms with van der Waals surface area (Å²) < 4.78 is 38.5. The van der Waals surface area contributed by atoms with E-state index in [2.05, 4.69) is 21.2 Å². The molecule has 0 unspecified atom stereocenters. The summed E-state index contributed by atoms with van der Waals surface area (Å²) in [5.74, 6) is -0.468. The molecule has 21 heavy (non-hydrogen) atoms. The SMILES string of the molecule is Cc1cccc(C(=O)Nc2cccc(C(F)(F)F)c2)c1Br. The van der Waals surface area contributed by atoms with Gasteiger partial charge in [-0.2, -0.15) is 13.2 Å². The van der Waals surface area contributed by atoms with Crippen LogP contribution >= 0.6 is 15.9 Å². The molecular weight excluding hydrogens is 347 g/mol. The van der Waals surface area contributed by atoms with E-state index in [9.17, 15) is 18.0 Å². The van der Waals surface area contributed by atoms with Crippen molar-refractivity contribution in [1.82, 2.24) is 0 Å². The van der Waals surface area contributed by atoms with Gasteiger partial charge in [-0.05, 0) is 52.7 Å². The fourth-order valence-electron chi connectivity index (χ4n) is 1.79. The average molecular weight is 358 g/mol. The summed E-state index contributed by atoms with van der Waals surface area (Å²) in [4.78, 5) is 12.1. The van der Waals surface area contributed by atoms with Crippen LogP contribution in [0.3, 0.4) is 0 Å². The van der Waals surface area contributed by atoms with Crippen LogP contribution < -0.4 is 5.32 Å². The number of benzene rings is 2. The van der Waals surface area contributed by atoms with Gasteiger partial charge in [0.25, 0.3) is 5.91 Å². The predicted octanol–water partition coefficient (Wildman–Crippen LogP) is 5.03. The van der Waals surface area contributed by atoms with Crippen LogP contribution in [0.2, 0.25) is 0 Å². The Morgan fingerprint density at radius 1 is 1.14 bits per heavy atom. The van der Waals surface area contributed by atoms with E-state index in [4.69, 9.17) is 0 Å². The Hall–Kier alpha value is -1.82. The van der Waals surface area contributed by atoms with E-state index in [0.717, 1.165) is 17.7 Å². The minimum atomic E-state index is -4.44. The third-order valence-electron chi connectivity index (χ3n) is 2.88. The lowest BCUT2D eigenvalue weighted by Gasteiger charge is -2.11. The van der Waals surface area contributed by atoms with Crippen molar-refractivity contribution in [3.63, 3.8) is 0 Å². The number of aryl methyl sites for hydroxylation is 1. The topological polar surface area (TPSA) is 29.1 Å². The van der Waals surface area contributed by atoms with E-state index in [1.807, 2.05) is 13.0 Å². The second kappa shape index (κ2) is 5.89. The lowest BCUT2D eigenvalue weighted by molar-refractivity contribution is -0.137. The van der Waals surface area contributed by atoms with Gasteiger partial charge in [0.15, 0.2) is 0 Å². The zero-order chi connectivity index (χ0) is 15.6. The highest BCUT2D eigenvalue weighted by atomic mass is 79.9. The van der Waals surface area contributed by atoms with Crippen LogP contribution in [0.5, 0.6) is 0 Å². The smallest absolute Gasteiger partial charge is 0.322 e. The van der Waals surface area contributed by atoms with Crippen molar-refractivity contribution in [1.29, 1.82) is 0 Å². The summed E-state index contributed by atoms with van der Waals surface area (Å²) >= 11 is 3.30. The van der Waals surface area contributed by atoms with Gasteiger partial charge in [-0.1, -0.05) is 18.2 Å². The molecule has 0 saturated carbocycles. The standard InChI is InChI=1S/C15H11BrF3NO/c1-9-4-2-7-12(13(9)16)14(21)20-11-6-3-5-10(8-11)15(17,18)19/h2-8H,1H3,(H,20,21). The number of amides is 1. The fraction of sp³-hybridized carbons (Fsp3) is 0.133. The molecule has 2 aromatic carbocycles. The number of rotatable bonds is 2. The molecule has 0 spiro atoms. The average Bonchev–Trinajstić information content (AvgIpc) is 2.41. The molecule has 6 heteroatoms. The second-order valence-electron chi connectivity index (χ2n) is 4.47. The van der Waals surface area contributed by atoms with Crippen LogP contribution in [0.15, 0.2) is 46.9 Å². The van der Waals surface area contributed by atoms with E-state index in [1.165, 1.54) is 12.1 Å². The van der Waals surface area contributed by atoms with Gasteiger partial charge in [0, 0.05) is 10.2 Å². The Balaban J connectivity index is 2.26. The van der Waals surface area contributed by atoms with Crippen LogP contribution in [-0.2, 0) is 6.18 Å². The summed E-state index contributed by atoms with van der Waals surface area (Å²) in [6.07, 6.45) is -4.44. The van der Waals surface area contributed by atoms with Gasteiger partial charge in [0.2, 0.25) is 0 Å². The van der Waals surface area contributed by atoms with Crippen molar-refractivity contribution in [3.8, 4) is 0 Å². The highest BCUT2D eigenvalue weighted by Crippen LogP contribution is 2.31. The number of nitrogens with one attached hydrogen (secondary N) is 1. The van der Waals surface area contributed by atoms with Crippen molar-refractivity contribution in [3.05, 3.63) is 63.6 Å². The maximum Gasteiger partial charge on any atom is 0.416 e. The van der Waals surface area contributed by atoms with Crippen molar-refractivity contribution in [2.75, 3.05) is 5.32 Å². The van der Waals surface area contributed by atoms with Gasteiger partial charge in [0.1, 0.15) is 0 Å². The van der Waals surface area contributed by atoms with Crippen molar-refractivity contribution >= 4 is 27.5 Å². The van der Waals surface area contributed by atoms with Crippen LogP contribution in [0.1, 0.15) is 21.5 Å². The molecule has 0 aromatic heterocycles. The Bertz CT molecular complexity index is 683. The van der Waals surface area contributed by atoms with Crippen LogP contribution in [0.25, 0.3) is 0 Å². The highest BCUT2D eigenvalue weighted by molar-refractivity contribution is 9.10. The number of hydrogen-bond acceptors (Lipinski definition) is 1. The van der Waals surface area contributed by atoms with Gasteiger partial charge in [0.05, 0.1) is 11.1 Å². The summed E-state index contributed by atoms with van der Waals surface area (Å²) in [7, 11) is 0. The molecule has 0 aliphatic rings. The predicted molar refractivity (Wildman–Crippen MR) is 78.3 cm³/mol. The molecule has 0 bridgehead atoms. The molecule has 110 valence electrons. The Morgan fingerprint density at radius 3 is 2.48 bits per heavy atom. The molecule has 2 nitrogen and oxygen atoms in total. The minimum absolute atomic E-state index is 0.100. The van der Waals surface area contributed by atoms with E-state index < -0.39 is 17.6 Å². The Morgan fingerprint density at radius 2 is 1.81 bits per heavy atom. The maximum atomic E-state index is 12.6. The molecule has 0 radical (unpaired) electrons. The first-order valence-electron chi connectivity index (χ1n) is 6.03. The lowest BCUT2D eigenvalue weighted by Crippen LogP contribution is -2.14. The largest absolute Gasteiger partial charge is 0.416 e. The maximum absolute atomic E-state index is 12.6. The molecule has 0 fully saturated rings. The molecule has 0 atom stereocenters. The molecular formula is C15H11BrF3NO. The molecule has 2 rings (SSSR count). The summed E-state index contributed by atoms with van der Waals surface area (Å²) in [5, 5.41) is 2.47. The van der Waals surface area contributed by atoms with E-state index in [-0.39, 0.29) is 5.69 Å². The molecule has 1 N–H and O–H groups in total. The second-order valence-corrected chi connectivity index (χ2v) is 5.26.